The second kappa shape index (κ2) is 5.76. The molecule has 1 atom stereocenters. The molecule has 0 amide bonds. The highest BCUT2D eigenvalue weighted by Gasteiger charge is 2.23. The number of carbonyl (C=O) groups is 1. The molecule has 0 aromatic heterocycles. The molecule has 0 saturated heterocycles. The first kappa shape index (κ1) is 14.4. The van der Waals surface area contributed by atoms with Crippen LogP contribution in [0.4, 0.5) is 0 Å². The molecule has 0 aliphatic heterocycles. The van der Waals surface area contributed by atoms with E-state index in [-0.39, 0.29) is 5.97 Å². The summed E-state index contributed by atoms with van der Waals surface area (Å²) >= 11 is 0. The van der Waals surface area contributed by atoms with Crippen molar-refractivity contribution >= 4 is 5.97 Å². The SMILES string of the molecule is COc1cccc(OC(C)C(=O)OC(C)(C)C)c1. The Kier molecular flexibility index (Phi) is 4.59. The van der Waals surface area contributed by atoms with E-state index in [4.69, 9.17) is 14.2 Å². The van der Waals surface area contributed by atoms with Gasteiger partial charge in [-0.2, -0.15) is 0 Å². The van der Waals surface area contributed by atoms with Crippen LogP contribution in [0, 0.1) is 0 Å². The Bertz CT molecular complexity index is 407. The highest BCUT2D eigenvalue weighted by molar-refractivity contribution is 5.75. The van der Waals surface area contributed by atoms with E-state index < -0.39 is 11.7 Å². The van der Waals surface area contributed by atoms with Crippen LogP contribution in [0.1, 0.15) is 27.7 Å². The van der Waals surface area contributed by atoms with Crippen molar-refractivity contribution in [2.24, 2.45) is 0 Å². The summed E-state index contributed by atoms with van der Waals surface area (Å²) in [5, 5.41) is 0. The summed E-state index contributed by atoms with van der Waals surface area (Å²) in [7, 11) is 1.58. The van der Waals surface area contributed by atoms with Crippen LogP contribution in [0.2, 0.25) is 0 Å². The van der Waals surface area contributed by atoms with Crippen LogP contribution < -0.4 is 9.47 Å². The summed E-state index contributed by atoms with van der Waals surface area (Å²) in [5.41, 5.74) is -0.511. The van der Waals surface area contributed by atoms with Crippen LogP contribution in [-0.2, 0) is 9.53 Å². The molecular formula is C14H20O4. The van der Waals surface area contributed by atoms with Gasteiger partial charge in [0.15, 0.2) is 6.10 Å². The highest BCUT2D eigenvalue weighted by atomic mass is 16.6. The molecular weight excluding hydrogens is 232 g/mol. The van der Waals surface area contributed by atoms with Gasteiger partial charge in [-0.25, -0.2) is 4.79 Å². The quantitative estimate of drug-likeness (QED) is 0.773. The number of ether oxygens (including phenoxy) is 3. The minimum Gasteiger partial charge on any atom is -0.497 e. The minimum atomic E-state index is -0.656. The minimum absolute atomic E-state index is 0.384. The summed E-state index contributed by atoms with van der Waals surface area (Å²) in [6, 6.07) is 7.10. The summed E-state index contributed by atoms with van der Waals surface area (Å²) in [4.78, 5) is 11.7. The average Bonchev–Trinajstić information content (AvgIpc) is 2.27. The van der Waals surface area contributed by atoms with E-state index in [2.05, 4.69) is 0 Å². The van der Waals surface area contributed by atoms with E-state index in [1.165, 1.54) is 0 Å². The molecule has 0 N–H and O–H groups in total. The number of hydrogen-bond acceptors (Lipinski definition) is 4. The van der Waals surface area contributed by atoms with E-state index in [1.54, 1.807) is 32.2 Å². The Balaban J connectivity index is 2.63. The molecule has 0 heterocycles. The monoisotopic (exact) mass is 252 g/mol. The molecule has 1 rings (SSSR count). The predicted molar refractivity (Wildman–Crippen MR) is 68.9 cm³/mol. The molecule has 1 aromatic carbocycles. The molecule has 18 heavy (non-hydrogen) atoms. The van der Waals surface area contributed by atoms with Crippen LogP contribution in [0.3, 0.4) is 0 Å². The van der Waals surface area contributed by atoms with Gasteiger partial charge in [0, 0.05) is 6.07 Å². The van der Waals surface area contributed by atoms with Gasteiger partial charge in [0.1, 0.15) is 17.1 Å². The highest BCUT2D eigenvalue weighted by Crippen LogP contribution is 2.20. The Morgan fingerprint density at radius 2 is 1.83 bits per heavy atom. The lowest BCUT2D eigenvalue weighted by Gasteiger charge is -2.22. The van der Waals surface area contributed by atoms with Crippen LogP contribution in [-0.4, -0.2) is 24.8 Å². The lowest BCUT2D eigenvalue weighted by atomic mass is 10.2. The van der Waals surface area contributed by atoms with Crippen molar-refractivity contribution in [2.75, 3.05) is 7.11 Å². The summed E-state index contributed by atoms with van der Waals surface area (Å²) in [6.07, 6.45) is -0.656. The maximum Gasteiger partial charge on any atom is 0.347 e. The van der Waals surface area contributed by atoms with Crippen molar-refractivity contribution in [3.05, 3.63) is 24.3 Å². The van der Waals surface area contributed by atoms with E-state index in [0.29, 0.717) is 11.5 Å². The second-order valence-electron chi connectivity index (χ2n) is 4.97. The zero-order valence-corrected chi connectivity index (χ0v) is 11.5. The Hall–Kier alpha value is -1.71. The van der Waals surface area contributed by atoms with Gasteiger partial charge in [-0.3, -0.25) is 0 Å². The molecule has 0 radical (unpaired) electrons. The Morgan fingerprint density at radius 3 is 2.39 bits per heavy atom. The van der Waals surface area contributed by atoms with Crippen molar-refractivity contribution < 1.29 is 19.0 Å². The maximum absolute atomic E-state index is 11.7. The lowest BCUT2D eigenvalue weighted by molar-refractivity contribution is -0.162. The average molecular weight is 252 g/mol. The smallest absolute Gasteiger partial charge is 0.347 e. The number of hydrogen-bond donors (Lipinski definition) is 0. The third-order valence-electron chi connectivity index (χ3n) is 2.09. The molecule has 4 heteroatoms. The summed E-state index contributed by atoms with van der Waals surface area (Å²) in [5.74, 6) is 0.877. The van der Waals surface area contributed by atoms with Gasteiger partial charge in [-0.15, -0.1) is 0 Å². The fourth-order valence-electron chi connectivity index (χ4n) is 1.31. The van der Waals surface area contributed by atoms with Crippen molar-refractivity contribution in [3.63, 3.8) is 0 Å². The zero-order chi connectivity index (χ0) is 13.8. The van der Waals surface area contributed by atoms with Crippen LogP contribution in [0.5, 0.6) is 11.5 Å². The molecule has 0 saturated carbocycles. The number of carbonyl (C=O) groups excluding carboxylic acids is 1. The molecule has 4 nitrogen and oxygen atoms in total. The first-order valence-electron chi connectivity index (χ1n) is 5.85. The van der Waals surface area contributed by atoms with Gasteiger partial charge in [0.2, 0.25) is 0 Å². The van der Waals surface area contributed by atoms with Gasteiger partial charge in [-0.1, -0.05) is 6.07 Å². The first-order chi connectivity index (χ1) is 8.31. The lowest BCUT2D eigenvalue weighted by Crippen LogP contribution is -2.33. The topological polar surface area (TPSA) is 44.8 Å². The van der Waals surface area contributed by atoms with Gasteiger partial charge in [0.25, 0.3) is 0 Å². The molecule has 100 valence electrons. The van der Waals surface area contributed by atoms with E-state index in [1.807, 2.05) is 26.8 Å². The molecule has 0 spiro atoms. The molecule has 1 unspecified atom stereocenters. The van der Waals surface area contributed by atoms with E-state index in [9.17, 15) is 4.79 Å². The molecule has 0 bridgehead atoms. The van der Waals surface area contributed by atoms with Gasteiger partial charge >= 0.3 is 5.97 Å². The molecule has 0 aliphatic rings. The largest absolute Gasteiger partial charge is 0.497 e. The van der Waals surface area contributed by atoms with Gasteiger partial charge in [0.05, 0.1) is 7.11 Å². The molecule has 1 aromatic rings. The Labute approximate surface area is 108 Å². The van der Waals surface area contributed by atoms with Crippen LogP contribution in [0.25, 0.3) is 0 Å². The standard InChI is InChI=1S/C14H20O4/c1-10(13(15)18-14(2,3)4)17-12-8-6-7-11(9-12)16-5/h6-10H,1-5H3. The number of esters is 1. The third kappa shape index (κ3) is 4.65. The van der Waals surface area contributed by atoms with Gasteiger partial charge in [-0.05, 0) is 39.8 Å². The first-order valence-corrected chi connectivity index (χ1v) is 5.85. The van der Waals surface area contributed by atoms with Crippen molar-refractivity contribution in [1.82, 2.24) is 0 Å². The van der Waals surface area contributed by atoms with E-state index >= 15 is 0 Å². The fraction of sp³-hybridized carbons (Fsp3) is 0.500. The van der Waals surface area contributed by atoms with Crippen LogP contribution in [0.15, 0.2) is 24.3 Å². The fourth-order valence-corrected chi connectivity index (χ4v) is 1.31. The number of benzene rings is 1. The van der Waals surface area contributed by atoms with Crippen molar-refractivity contribution in [1.29, 1.82) is 0 Å². The summed E-state index contributed by atoms with van der Waals surface area (Å²) in [6.45, 7) is 7.13. The van der Waals surface area contributed by atoms with Gasteiger partial charge < -0.3 is 14.2 Å². The zero-order valence-electron chi connectivity index (χ0n) is 11.5. The summed E-state index contributed by atoms with van der Waals surface area (Å²) < 4.78 is 15.8. The number of rotatable bonds is 4. The van der Waals surface area contributed by atoms with Crippen molar-refractivity contribution in [2.45, 2.75) is 39.4 Å². The normalized spacial score (nSPS) is 12.7. The third-order valence-corrected chi connectivity index (χ3v) is 2.09. The van der Waals surface area contributed by atoms with Crippen LogP contribution >= 0.6 is 0 Å². The second-order valence-corrected chi connectivity index (χ2v) is 4.97. The molecule has 0 aliphatic carbocycles. The number of methoxy groups -OCH3 is 1. The van der Waals surface area contributed by atoms with Crippen molar-refractivity contribution in [3.8, 4) is 11.5 Å². The van der Waals surface area contributed by atoms with E-state index in [0.717, 1.165) is 0 Å². The Morgan fingerprint density at radius 1 is 1.22 bits per heavy atom. The maximum atomic E-state index is 11.7. The predicted octanol–water partition coefficient (Wildman–Crippen LogP) is 2.80. The molecule has 0 fully saturated rings.